The number of ether oxygens (including phenoxy) is 1. The van der Waals surface area contributed by atoms with Gasteiger partial charge in [0.2, 0.25) is 5.88 Å². The molecule has 2 aliphatic heterocycles. The molecule has 28 heavy (non-hydrogen) atoms. The molecule has 2 fully saturated rings. The summed E-state index contributed by atoms with van der Waals surface area (Å²) in [6.07, 6.45) is 4.38. The molecule has 0 amide bonds. The minimum atomic E-state index is -1.04. The first-order valence-electron chi connectivity index (χ1n) is 9.40. The zero-order chi connectivity index (χ0) is 19.1. The molecule has 0 radical (unpaired) electrons. The lowest BCUT2D eigenvalue weighted by Crippen LogP contribution is -2.51. The van der Waals surface area contributed by atoms with Gasteiger partial charge in [-0.25, -0.2) is 4.39 Å². The van der Waals surface area contributed by atoms with Crippen LogP contribution in [0.5, 0.6) is 11.6 Å². The zero-order valence-corrected chi connectivity index (χ0v) is 15.0. The lowest BCUT2D eigenvalue weighted by atomic mass is 10.0. The maximum atomic E-state index is 14.5. The van der Waals surface area contributed by atoms with E-state index in [9.17, 15) is 9.50 Å². The van der Waals surface area contributed by atoms with E-state index in [1.165, 1.54) is 0 Å². The maximum Gasteiger partial charge on any atom is 0.233 e. The number of hydrogen-bond donors (Lipinski definition) is 3. The molecule has 2 aromatic heterocycles. The fourth-order valence-electron chi connectivity index (χ4n) is 4.09. The van der Waals surface area contributed by atoms with E-state index in [2.05, 4.69) is 25.7 Å². The van der Waals surface area contributed by atoms with Crippen molar-refractivity contribution in [2.24, 2.45) is 0 Å². The number of alkyl halides is 1. The molecule has 144 valence electrons. The Labute approximate surface area is 161 Å². The summed E-state index contributed by atoms with van der Waals surface area (Å²) < 4.78 is 20.3. The Morgan fingerprint density at radius 1 is 1.11 bits per heavy atom. The van der Waals surface area contributed by atoms with E-state index in [0.717, 1.165) is 24.0 Å². The Bertz CT molecular complexity index is 963. The number of hydrogen-bond acceptors (Lipinski definition) is 6. The zero-order valence-electron chi connectivity index (χ0n) is 15.0. The summed E-state index contributed by atoms with van der Waals surface area (Å²) in [5.74, 6) is 0.396. The van der Waals surface area contributed by atoms with E-state index in [4.69, 9.17) is 4.74 Å². The van der Waals surface area contributed by atoms with E-state index in [1.54, 1.807) is 36.7 Å². The van der Waals surface area contributed by atoms with Crippen LogP contribution in [0, 0.1) is 0 Å². The van der Waals surface area contributed by atoms with Gasteiger partial charge in [0, 0.05) is 41.9 Å². The molecule has 3 aromatic rings. The summed E-state index contributed by atoms with van der Waals surface area (Å²) in [5, 5.41) is 28.6. The van der Waals surface area contributed by atoms with Crippen molar-refractivity contribution < 1.29 is 14.2 Å². The lowest BCUT2D eigenvalue weighted by Gasteiger charge is -2.32. The molecule has 4 heterocycles. The molecular weight excluding hydrogens is 361 g/mol. The molecule has 2 aliphatic rings. The van der Waals surface area contributed by atoms with Crippen LogP contribution in [0.3, 0.4) is 0 Å². The molecule has 0 aliphatic carbocycles. The molecule has 2 unspecified atom stereocenters. The van der Waals surface area contributed by atoms with Crippen molar-refractivity contribution in [3.8, 4) is 34.0 Å². The van der Waals surface area contributed by atoms with Gasteiger partial charge in [-0.05, 0) is 36.6 Å². The second-order valence-electron chi connectivity index (χ2n) is 7.36. The highest BCUT2D eigenvalue weighted by Gasteiger charge is 2.43. The van der Waals surface area contributed by atoms with E-state index >= 15 is 0 Å². The molecule has 2 saturated heterocycles. The average molecular weight is 381 g/mol. The minimum Gasteiger partial charge on any atom is -0.507 e. The third kappa shape index (κ3) is 3.09. The van der Waals surface area contributed by atoms with Crippen LogP contribution in [0.15, 0.2) is 42.7 Å². The molecule has 0 spiro atoms. The number of nitrogens with one attached hydrogen (secondary N) is 2. The number of aromatic nitrogens is 4. The van der Waals surface area contributed by atoms with Crippen molar-refractivity contribution in [2.45, 2.75) is 43.6 Å². The third-order valence-electron chi connectivity index (χ3n) is 5.55. The number of benzene rings is 1. The van der Waals surface area contributed by atoms with Gasteiger partial charge < -0.3 is 15.2 Å². The molecule has 3 N–H and O–H groups in total. The van der Waals surface area contributed by atoms with Crippen molar-refractivity contribution in [1.82, 2.24) is 25.7 Å². The van der Waals surface area contributed by atoms with Crippen LogP contribution in [0.25, 0.3) is 22.4 Å². The molecule has 1 aromatic carbocycles. The number of aromatic amines is 1. The largest absolute Gasteiger partial charge is 0.507 e. The van der Waals surface area contributed by atoms with Gasteiger partial charge >= 0.3 is 0 Å². The number of rotatable bonds is 4. The van der Waals surface area contributed by atoms with E-state index in [-0.39, 0.29) is 11.8 Å². The average Bonchev–Trinajstić information content (AvgIpc) is 3.37. The van der Waals surface area contributed by atoms with Crippen molar-refractivity contribution in [1.29, 1.82) is 0 Å². The van der Waals surface area contributed by atoms with Crippen molar-refractivity contribution >= 4 is 0 Å². The molecule has 0 saturated carbocycles. The van der Waals surface area contributed by atoms with Gasteiger partial charge in [0.1, 0.15) is 11.9 Å². The Balaban J connectivity index is 1.32. The Kier molecular flexibility index (Phi) is 4.20. The van der Waals surface area contributed by atoms with E-state index < -0.39 is 12.3 Å². The normalized spacial score (nSPS) is 26.3. The SMILES string of the molecule is Oc1cc(-c2cn[nH]c2)ccc1-c1ccc(O[C@@H]2CC3CCC(N3)[C@H]2F)nn1. The summed E-state index contributed by atoms with van der Waals surface area (Å²) in [4.78, 5) is 0. The predicted molar refractivity (Wildman–Crippen MR) is 101 cm³/mol. The van der Waals surface area contributed by atoms with Crippen LogP contribution in [-0.2, 0) is 0 Å². The highest BCUT2D eigenvalue weighted by atomic mass is 19.1. The third-order valence-corrected chi connectivity index (χ3v) is 5.55. The topological polar surface area (TPSA) is 96.0 Å². The lowest BCUT2D eigenvalue weighted by molar-refractivity contribution is 0.0422. The van der Waals surface area contributed by atoms with Crippen LogP contribution in [0.1, 0.15) is 19.3 Å². The fraction of sp³-hybridized carbons (Fsp3) is 0.350. The number of aromatic hydroxyl groups is 1. The van der Waals surface area contributed by atoms with Crippen molar-refractivity contribution in [2.75, 3.05) is 0 Å². The second kappa shape index (κ2) is 6.87. The Hall–Kier alpha value is -3.00. The molecule has 7 nitrogen and oxygen atoms in total. The van der Waals surface area contributed by atoms with E-state index in [0.29, 0.717) is 29.6 Å². The molecule has 8 heteroatoms. The maximum absolute atomic E-state index is 14.5. The molecule has 5 rings (SSSR count). The van der Waals surface area contributed by atoms with Gasteiger partial charge in [-0.1, -0.05) is 6.07 Å². The number of nitrogens with zero attached hydrogens (tertiary/aromatic N) is 3. The van der Waals surface area contributed by atoms with Gasteiger partial charge in [0.05, 0.1) is 11.9 Å². The summed E-state index contributed by atoms with van der Waals surface area (Å²) >= 11 is 0. The van der Waals surface area contributed by atoms with Crippen molar-refractivity contribution in [3.63, 3.8) is 0 Å². The first-order chi connectivity index (χ1) is 13.7. The highest BCUT2D eigenvalue weighted by molar-refractivity contribution is 5.73. The number of piperidine rings is 1. The number of phenols is 1. The van der Waals surface area contributed by atoms with Gasteiger partial charge in [-0.2, -0.15) is 5.10 Å². The second-order valence-corrected chi connectivity index (χ2v) is 7.36. The number of phenolic OH excluding ortho intramolecular Hbond substituents is 1. The summed E-state index contributed by atoms with van der Waals surface area (Å²) in [6, 6.07) is 8.90. The first kappa shape index (κ1) is 17.1. The molecule has 4 atom stereocenters. The first-order valence-corrected chi connectivity index (χ1v) is 9.40. The van der Waals surface area contributed by atoms with Crippen LogP contribution in [0.2, 0.25) is 0 Å². The minimum absolute atomic E-state index is 0.0976. The van der Waals surface area contributed by atoms with Crippen molar-refractivity contribution in [3.05, 3.63) is 42.7 Å². The van der Waals surface area contributed by atoms with E-state index in [1.807, 2.05) is 6.07 Å². The monoisotopic (exact) mass is 381 g/mol. The molecular formula is C20H20FN5O2. The number of H-pyrrole nitrogens is 1. The smallest absolute Gasteiger partial charge is 0.233 e. The fourth-order valence-corrected chi connectivity index (χ4v) is 4.09. The number of fused-ring (bicyclic) bond motifs is 2. The van der Waals surface area contributed by atoms with Gasteiger partial charge in [0.15, 0.2) is 6.17 Å². The highest BCUT2D eigenvalue weighted by Crippen LogP contribution is 2.34. The van der Waals surface area contributed by atoms with Crippen LogP contribution in [-0.4, -0.2) is 49.9 Å². The predicted octanol–water partition coefficient (Wildman–Crippen LogP) is 2.85. The van der Waals surface area contributed by atoms with Gasteiger partial charge in [0.25, 0.3) is 0 Å². The summed E-state index contributed by atoms with van der Waals surface area (Å²) in [5.41, 5.74) is 2.81. The summed E-state index contributed by atoms with van der Waals surface area (Å²) in [6.45, 7) is 0. The van der Waals surface area contributed by atoms with Crippen LogP contribution < -0.4 is 10.1 Å². The van der Waals surface area contributed by atoms with Crippen LogP contribution >= 0.6 is 0 Å². The standard InChI is InChI=1S/C20H20FN5O2/c21-20-16-4-2-13(24-16)8-18(20)28-19-6-5-15(25-26-19)14-3-1-11(7-17(14)27)12-9-22-23-10-12/h1,3,5-7,9-10,13,16,18,20,24,27H,2,4,8H2,(H,22,23)/t13?,16?,18-,20-/m1/s1. The Morgan fingerprint density at radius 3 is 2.79 bits per heavy atom. The quantitative estimate of drug-likeness (QED) is 0.643. The van der Waals surface area contributed by atoms with Gasteiger partial charge in [-0.3, -0.25) is 5.10 Å². The van der Waals surface area contributed by atoms with Gasteiger partial charge in [-0.15, -0.1) is 10.2 Å². The molecule has 2 bridgehead atoms. The Morgan fingerprint density at radius 2 is 2.04 bits per heavy atom. The number of halogens is 1. The van der Waals surface area contributed by atoms with Crippen LogP contribution in [0.4, 0.5) is 4.39 Å². The summed E-state index contributed by atoms with van der Waals surface area (Å²) in [7, 11) is 0.